The Hall–Kier alpha value is -1.01. The van der Waals surface area contributed by atoms with E-state index >= 15 is 0 Å². The van der Waals surface area contributed by atoms with Gasteiger partial charge in [0.15, 0.2) is 5.82 Å². The van der Waals surface area contributed by atoms with Crippen molar-refractivity contribution >= 4 is 23.5 Å². The lowest BCUT2D eigenvalue weighted by Gasteiger charge is -2.20. The van der Waals surface area contributed by atoms with Gasteiger partial charge in [-0.05, 0) is 30.8 Å². The van der Waals surface area contributed by atoms with Gasteiger partial charge in [-0.3, -0.25) is 9.89 Å². The van der Waals surface area contributed by atoms with Crippen LogP contribution in [0, 0.1) is 5.92 Å². The Labute approximate surface area is 130 Å². The molecule has 118 valence electrons. The predicted octanol–water partition coefficient (Wildman–Crippen LogP) is 2.55. The number of nitrogens with two attached hydrogens (primary N) is 1. The molecule has 1 heterocycles. The van der Waals surface area contributed by atoms with Crippen LogP contribution in [0.2, 0.25) is 0 Å². The molecule has 0 saturated heterocycles. The van der Waals surface area contributed by atoms with E-state index in [1.165, 1.54) is 32.1 Å². The van der Waals surface area contributed by atoms with E-state index in [1.807, 2.05) is 12.3 Å². The standard InChI is InChI=1S/C15H26N4OS/c1-21-8-7-13(16)15(20)17-14-10-12(18-19-14)9-11-5-3-2-4-6-11/h10-11,13H,2-9,16H2,1H3,(H2,17,18,19,20). The van der Waals surface area contributed by atoms with Gasteiger partial charge in [0.2, 0.25) is 5.91 Å². The minimum atomic E-state index is -0.462. The minimum Gasteiger partial charge on any atom is -0.320 e. The van der Waals surface area contributed by atoms with Crippen LogP contribution in [0.3, 0.4) is 0 Å². The van der Waals surface area contributed by atoms with Crippen molar-refractivity contribution in [3.05, 3.63) is 11.8 Å². The summed E-state index contributed by atoms with van der Waals surface area (Å²) in [6, 6.07) is 1.48. The number of aromatic amines is 1. The average Bonchev–Trinajstić information content (AvgIpc) is 2.92. The first-order valence-corrected chi connectivity index (χ1v) is 9.18. The molecule has 0 spiro atoms. The van der Waals surface area contributed by atoms with Gasteiger partial charge in [-0.25, -0.2) is 0 Å². The highest BCUT2D eigenvalue weighted by molar-refractivity contribution is 7.98. The molecule has 1 amide bonds. The average molecular weight is 310 g/mol. The van der Waals surface area contributed by atoms with Gasteiger partial charge in [-0.15, -0.1) is 0 Å². The molecule has 2 rings (SSSR count). The molecule has 5 nitrogen and oxygen atoms in total. The molecule has 21 heavy (non-hydrogen) atoms. The van der Waals surface area contributed by atoms with Crippen LogP contribution in [0.15, 0.2) is 6.07 Å². The second-order valence-corrected chi connectivity index (χ2v) is 6.85. The van der Waals surface area contributed by atoms with Crippen LogP contribution in [0.25, 0.3) is 0 Å². The molecule has 1 saturated carbocycles. The van der Waals surface area contributed by atoms with Crippen molar-refractivity contribution in [1.82, 2.24) is 10.2 Å². The highest BCUT2D eigenvalue weighted by Crippen LogP contribution is 2.26. The second-order valence-electron chi connectivity index (χ2n) is 5.86. The molecule has 0 aromatic carbocycles. The van der Waals surface area contributed by atoms with Crippen molar-refractivity contribution in [2.24, 2.45) is 11.7 Å². The molecule has 0 bridgehead atoms. The number of carbonyl (C=O) groups is 1. The summed E-state index contributed by atoms with van der Waals surface area (Å²) in [5.74, 6) is 2.08. The molecule has 1 aromatic rings. The molecule has 1 unspecified atom stereocenters. The maximum absolute atomic E-state index is 11.9. The smallest absolute Gasteiger partial charge is 0.242 e. The Morgan fingerprint density at radius 3 is 3.00 bits per heavy atom. The van der Waals surface area contributed by atoms with Crippen molar-refractivity contribution in [1.29, 1.82) is 0 Å². The number of amides is 1. The van der Waals surface area contributed by atoms with Crippen molar-refractivity contribution < 1.29 is 4.79 Å². The van der Waals surface area contributed by atoms with Gasteiger partial charge >= 0.3 is 0 Å². The van der Waals surface area contributed by atoms with Crippen LogP contribution < -0.4 is 11.1 Å². The van der Waals surface area contributed by atoms with Crippen molar-refractivity contribution in [3.8, 4) is 0 Å². The maximum Gasteiger partial charge on any atom is 0.242 e. The topological polar surface area (TPSA) is 83.8 Å². The molecular formula is C15H26N4OS. The number of carbonyl (C=O) groups excluding carboxylic acids is 1. The number of thioether (sulfide) groups is 1. The van der Waals surface area contributed by atoms with Gasteiger partial charge in [-0.2, -0.15) is 16.9 Å². The van der Waals surface area contributed by atoms with Gasteiger partial charge in [0, 0.05) is 11.8 Å². The number of aromatic nitrogens is 2. The van der Waals surface area contributed by atoms with E-state index in [2.05, 4.69) is 15.5 Å². The summed E-state index contributed by atoms with van der Waals surface area (Å²) in [6.45, 7) is 0. The Morgan fingerprint density at radius 1 is 1.52 bits per heavy atom. The van der Waals surface area contributed by atoms with Gasteiger partial charge in [-0.1, -0.05) is 32.1 Å². The molecule has 4 N–H and O–H groups in total. The number of rotatable bonds is 7. The summed E-state index contributed by atoms with van der Waals surface area (Å²) in [5.41, 5.74) is 6.95. The summed E-state index contributed by atoms with van der Waals surface area (Å²) in [6.07, 6.45) is 10.4. The van der Waals surface area contributed by atoms with Gasteiger partial charge in [0.05, 0.1) is 6.04 Å². The van der Waals surface area contributed by atoms with E-state index in [9.17, 15) is 4.79 Å². The normalized spacial score (nSPS) is 17.6. The molecule has 1 aromatic heterocycles. The number of nitrogens with one attached hydrogen (secondary N) is 2. The monoisotopic (exact) mass is 310 g/mol. The van der Waals surface area contributed by atoms with Crippen LogP contribution >= 0.6 is 11.8 Å². The highest BCUT2D eigenvalue weighted by Gasteiger charge is 2.17. The Morgan fingerprint density at radius 2 is 2.29 bits per heavy atom. The van der Waals surface area contributed by atoms with Crippen LogP contribution in [0.5, 0.6) is 0 Å². The first-order chi connectivity index (χ1) is 10.2. The molecule has 6 heteroatoms. The number of hydrogen-bond donors (Lipinski definition) is 3. The zero-order valence-corrected chi connectivity index (χ0v) is 13.5. The number of hydrogen-bond acceptors (Lipinski definition) is 4. The van der Waals surface area contributed by atoms with E-state index in [0.717, 1.165) is 23.8 Å². The van der Waals surface area contributed by atoms with Crippen LogP contribution in [0.4, 0.5) is 5.82 Å². The summed E-state index contributed by atoms with van der Waals surface area (Å²) < 4.78 is 0. The second kappa shape index (κ2) is 8.44. The zero-order chi connectivity index (χ0) is 15.1. The Balaban J connectivity index is 1.80. The van der Waals surface area contributed by atoms with Gasteiger partial charge in [0.1, 0.15) is 0 Å². The van der Waals surface area contributed by atoms with E-state index in [1.54, 1.807) is 11.8 Å². The molecule has 1 fully saturated rings. The zero-order valence-electron chi connectivity index (χ0n) is 12.7. The summed E-state index contributed by atoms with van der Waals surface area (Å²) in [5, 5.41) is 9.99. The van der Waals surface area contributed by atoms with Crippen molar-refractivity contribution in [2.45, 2.75) is 51.0 Å². The third-order valence-corrected chi connectivity index (χ3v) is 4.73. The molecule has 1 atom stereocenters. The quantitative estimate of drug-likeness (QED) is 0.722. The third-order valence-electron chi connectivity index (χ3n) is 4.09. The van der Waals surface area contributed by atoms with E-state index < -0.39 is 6.04 Å². The predicted molar refractivity (Wildman–Crippen MR) is 88.5 cm³/mol. The van der Waals surface area contributed by atoms with Crippen LogP contribution in [-0.2, 0) is 11.2 Å². The van der Waals surface area contributed by atoms with E-state index in [4.69, 9.17) is 5.73 Å². The van der Waals surface area contributed by atoms with Crippen LogP contribution in [0.1, 0.15) is 44.2 Å². The van der Waals surface area contributed by atoms with E-state index in [0.29, 0.717) is 12.2 Å². The first kappa shape index (κ1) is 16.4. The van der Waals surface area contributed by atoms with Gasteiger partial charge < -0.3 is 11.1 Å². The lowest BCUT2D eigenvalue weighted by Crippen LogP contribution is -2.36. The molecule has 1 aliphatic rings. The Bertz CT molecular complexity index is 443. The third kappa shape index (κ3) is 5.36. The number of nitrogens with zero attached hydrogens (tertiary/aromatic N) is 1. The SMILES string of the molecule is CSCCC(N)C(=O)Nc1cc(CC2CCCCC2)[nH]n1. The molecule has 0 aliphatic heterocycles. The first-order valence-electron chi connectivity index (χ1n) is 7.78. The van der Waals surface area contributed by atoms with Crippen molar-refractivity contribution in [2.75, 3.05) is 17.3 Å². The summed E-state index contributed by atoms with van der Waals surface area (Å²) in [7, 11) is 0. The lowest BCUT2D eigenvalue weighted by atomic mass is 9.86. The highest BCUT2D eigenvalue weighted by atomic mass is 32.2. The lowest BCUT2D eigenvalue weighted by molar-refractivity contribution is -0.117. The van der Waals surface area contributed by atoms with Crippen LogP contribution in [-0.4, -0.2) is 34.2 Å². The van der Waals surface area contributed by atoms with Gasteiger partial charge in [0.25, 0.3) is 0 Å². The molecular weight excluding hydrogens is 284 g/mol. The largest absolute Gasteiger partial charge is 0.320 e. The summed E-state index contributed by atoms with van der Waals surface area (Å²) in [4.78, 5) is 11.9. The van der Waals surface area contributed by atoms with Crippen molar-refractivity contribution in [3.63, 3.8) is 0 Å². The maximum atomic E-state index is 11.9. The fourth-order valence-electron chi connectivity index (χ4n) is 2.83. The fraction of sp³-hybridized carbons (Fsp3) is 0.733. The molecule has 1 aliphatic carbocycles. The summed E-state index contributed by atoms with van der Waals surface area (Å²) >= 11 is 1.70. The Kier molecular flexibility index (Phi) is 6.57. The van der Waals surface area contributed by atoms with E-state index in [-0.39, 0.29) is 5.91 Å². The molecule has 0 radical (unpaired) electrons. The number of anilines is 1. The number of H-pyrrole nitrogens is 1. The minimum absolute atomic E-state index is 0.153. The fourth-order valence-corrected chi connectivity index (χ4v) is 3.32.